The number of nitrogens with one attached hydrogen (secondary N) is 2. The van der Waals surface area contributed by atoms with Crippen LogP contribution in [0.4, 0.5) is 10.5 Å². The minimum atomic E-state index is -0.711. The first-order valence-electron chi connectivity index (χ1n) is 6.95. The molecule has 2 aromatic rings. The standard InChI is InChI=1S/C17H18N2O3/c1-12-8-10-14(11-9-12)19-16(20)13(2)18-17(21)22-15-6-4-3-5-7-15/h3-11,13H,1-2H3,(H,18,21)(H,19,20)/t13-/m1/s1. The number of hydrogen-bond donors (Lipinski definition) is 2. The molecule has 2 aromatic carbocycles. The molecule has 0 heterocycles. The zero-order valence-electron chi connectivity index (χ0n) is 12.5. The van der Waals surface area contributed by atoms with Gasteiger partial charge in [-0.2, -0.15) is 0 Å². The van der Waals surface area contributed by atoms with E-state index >= 15 is 0 Å². The van der Waals surface area contributed by atoms with Crippen molar-refractivity contribution in [3.63, 3.8) is 0 Å². The zero-order valence-corrected chi connectivity index (χ0v) is 12.5. The van der Waals surface area contributed by atoms with Crippen LogP contribution in [0.1, 0.15) is 12.5 Å². The van der Waals surface area contributed by atoms with Gasteiger partial charge in [0.25, 0.3) is 0 Å². The van der Waals surface area contributed by atoms with E-state index in [0.717, 1.165) is 5.56 Å². The van der Waals surface area contributed by atoms with E-state index in [1.54, 1.807) is 31.2 Å². The Morgan fingerprint density at radius 3 is 2.27 bits per heavy atom. The molecule has 1 atom stereocenters. The summed E-state index contributed by atoms with van der Waals surface area (Å²) in [6.45, 7) is 3.56. The van der Waals surface area contributed by atoms with E-state index in [9.17, 15) is 9.59 Å². The SMILES string of the molecule is Cc1ccc(NC(=O)[C@@H](C)NC(=O)Oc2ccccc2)cc1. The van der Waals surface area contributed by atoms with Gasteiger partial charge in [-0.05, 0) is 38.1 Å². The van der Waals surface area contributed by atoms with E-state index in [-0.39, 0.29) is 5.91 Å². The van der Waals surface area contributed by atoms with Crippen LogP contribution >= 0.6 is 0 Å². The summed E-state index contributed by atoms with van der Waals surface area (Å²) in [7, 11) is 0. The van der Waals surface area contributed by atoms with Crippen LogP contribution in [-0.2, 0) is 4.79 Å². The van der Waals surface area contributed by atoms with Crippen LogP contribution in [0.25, 0.3) is 0 Å². The van der Waals surface area contributed by atoms with Crippen molar-refractivity contribution in [2.75, 3.05) is 5.32 Å². The molecule has 0 fully saturated rings. The summed E-state index contributed by atoms with van der Waals surface area (Å²) in [5, 5.41) is 5.22. The van der Waals surface area contributed by atoms with Gasteiger partial charge in [0, 0.05) is 5.69 Å². The summed E-state index contributed by atoms with van der Waals surface area (Å²) >= 11 is 0. The Morgan fingerprint density at radius 2 is 1.64 bits per heavy atom. The molecule has 2 N–H and O–H groups in total. The minimum absolute atomic E-state index is 0.311. The summed E-state index contributed by atoms with van der Waals surface area (Å²) in [6.07, 6.45) is -0.669. The van der Waals surface area contributed by atoms with Crippen LogP contribution in [0, 0.1) is 6.92 Å². The molecule has 0 unspecified atom stereocenters. The fourth-order valence-corrected chi connectivity index (χ4v) is 1.75. The van der Waals surface area contributed by atoms with Gasteiger partial charge in [-0.15, -0.1) is 0 Å². The average molecular weight is 298 g/mol. The maximum Gasteiger partial charge on any atom is 0.413 e. The van der Waals surface area contributed by atoms with Crippen molar-refractivity contribution in [1.29, 1.82) is 0 Å². The smallest absolute Gasteiger partial charge is 0.410 e. The van der Waals surface area contributed by atoms with Crippen molar-refractivity contribution in [1.82, 2.24) is 5.32 Å². The molecule has 2 amide bonds. The third-order valence-corrected chi connectivity index (χ3v) is 3.00. The number of amides is 2. The number of rotatable bonds is 4. The number of carbonyl (C=O) groups excluding carboxylic acids is 2. The van der Waals surface area contributed by atoms with E-state index < -0.39 is 12.1 Å². The highest BCUT2D eigenvalue weighted by Gasteiger charge is 2.16. The number of carbonyl (C=O) groups is 2. The second kappa shape index (κ2) is 7.26. The maximum atomic E-state index is 12.0. The molecule has 5 nitrogen and oxygen atoms in total. The van der Waals surface area contributed by atoms with E-state index in [2.05, 4.69) is 10.6 Å². The lowest BCUT2D eigenvalue weighted by molar-refractivity contribution is -0.117. The molecule has 114 valence electrons. The summed E-state index contributed by atoms with van der Waals surface area (Å²) in [6, 6.07) is 15.4. The molecule has 2 rings (SSSR count). The molecule has 0 bridgehead atoms. The van der Waals surface area contributed by atoms with Crippen LogP contribution in [0.3, 0.4) is 0 Å². The molecular weight excluding hydrogens is 280 g/mol. The van der Waals surface area contributed by atoms with E-state index in [1.165, 1.54) is 0 Å². The summed E-state index contributed by atoms with van der Waals surface area (Å²) in [5.74, 6) is 0.111. The molecule has 0 aliphatic carbocycles. The highest BCUT2D eigenvalue weighted by atomic mass is 16.6. The number of aryl methyl sites for hydroxylation is 1. The summed E-state index contributed by atoms with van der Waals surface area (Å²) in [4.78, 5) is 23.7. The average Bonchev–Trinajstić information content (AvgIpc) is 2.50. The van der Waals surface area contributed by atoms with Gasteiger partial charge in [0.2, 0.25) is 5.91 Å². The highest BCUT2D eigenvalue weighted by Crippen LogP contribution is 2.10. The lowest BCUT2D eigenvalue weighted by Gasteiger charge is -2.14. The van der Waals surface area contributed by atoms with Crippen molar-refractivity contribution in [2.45, 2.75) is 19.9 Å². The Kier molecular flexibility index (Phi) is 5.14. The third-order valence-electron chi connectivity index (χ3n) is 3.00. The Hall–Kier alpha value is -2.82. The van der Waals surface area contributed by atoms with Crippen molar-refractivity contribution >= 4 is 17.7 Å². The molecular formula is C17H18N2O3. The van der Waals surface area contributed by atoms with Gasteiger partial charge in [-0.25, -0.2) is 4.79 Å². The predicted molar refractivity (Wildman–Crippen MR) is 84.9 cm³/mol. The monoisotopic (exact) mass is 298 g/mol. The Bertz CT molecular complexity index is 639. The fourth-order valence-electron chi connectivity index (χ4n) is 1.75. The Morgan fingerprint density at radius 1 is 1.00 bits per heavy atom. The normalized spacial score (nSPS) is 11.4. The quantitative estimate of drug-likeness (QED) is 0.911. The Labute approximate surface area is 129 Å². The van der Waals surface area contributed by atoms with E-state index in [4.69, 9.17) is 4.74 Å². The van der Waals surface area contributed by atoms with Gasteiger partial charge in [0.15, 0.2) is 0 Å². The largest absolute Gasteiger partial charge is 0.413 e. The lowest BCUT2D eigenvalue weighted by atomic mass is 10.2. The van der Waals surface area contributed by atoms with Crippen molar-refractivity contribution in [2.24, 2.45) is 0 Å². The molecule has 0 saturated carbocycles. The van der Waals surface area contributed by atoms with Gasteiger partial charge in [-0.1, -0.05) is 35.9 Å². The first-order chi connectivity index (χ1) is 10.5. The van der Waals surface area contributed by atoms with Crippen LogP contribution in [-0.4, -0.2) is 18.0 Å². The minimum Gasteiger partial charge on any atom is -0.410 e. The molecule has 5 heteroatoms. The van der Waals surface area contributed by atoms with Crippen molar-refractivity contribution in [3.8, 4) is 5.75 Å². The van der Waals surface area contributed by atoms with Gasteiger partial charge in [0.05, 0.1) is 0 Å². The van der Waals surface area contributed by atoms with Crippen LogP contribution in [0.2, 0.25) is 0 Å². The number of ether oxygens (including phenoxy) is 1. The van der Waals surface area contributed by atoms with Gasteiger partial charge in [0.1, 0.15) is 11.8 Å². The van der Waals surface area contributed by atoms with Crippen LogP contribution in [0.15, 0.2) is 54.6 Å². The number of anilines is 1. The van der Waals surface area contributed by atoms with E-state index in [1.807, 2.05) is 37.3 Å². The Balaban J connectivity index is 1.85. The number of benzene rings is 2. The lowest BCUT2D eigenvalue weighted by Crippen LogP contribution is -2.42. The first-order valence-corrected chi connectivity index (χ1v) is 6.95. The molecule has 0 aromatic heterocycles. The van der Waals surface area contributed by atoms with Gasteiger partial charge >= 0.3 is 6.09 Å². The summed E-state index contributed by atoms with van der Waals surface area (Å²) in [5.41, 5.74) is 1.79. The van der Waals surface area contributed by atoms with Crippen LogP contribution < -0.4 is 15.4 Å². The molecule has 0 aliphatic rings. The summed E-state index contributed by atoms with van der Waals surface area (Å²) < 4.78 is 5.07. The number of hydrogen-bond acceptors (Lipinski definition) is 3. The third kappa shape index (κ3) is 4.63. The van der Waals surface area contributed by atoms with E-state index in [0.29, 0.717) is 11.4 Å². The van der Waals surface area contributed by atoms with Crippen molar-refractivity contribution in [3.05, 3.63) is 60.2 Å². The molecule has 0 aliphatic heterocycles. The second-order valence-corrected chi connectivity index (χ2v) is 4.92. The maximum absolute atomic E-state index is 12.0. The molecule has 22 heavy (non-hydrogen) atoms. The fraction of sp³-hybridized carbons (Fsp3) is 0.176. The van der Waals surface area contributed by atoms with Gasteiger partial charge < -0.3 is 15.4 Å². The highest BCUT2D eigenvalue weighted by molar-refractivity contribution is 5.96. The first kappa shape index (κ1) is 15.6. The molecule has 0 saturated heterocycles. The molecule has 0 spiro atoms. The second-order valence-electron chi connectivity index (χ2n) is 4.92. The van der Waals surface area contributed by atoms with Crippen LogP contribution in [0.5, 0.6) is 5.75 Å². The number of para-hydroxylation sites is 1. The predicted octanol–water partition coefficient (Wildman–Crippen LogP) is 3.11. The van der Waals surface area contributed by atoms with Crippen molar-refractivity contribution < 1.29 is 14.3 Å². The topological polar surface area (TPSA) is 67.4 Å². The molecule has 0 radical (unpaired) electrons. The van der Waals surface area contributed by atoms with Gasteiger partial charge in [-0.3, -0.25) is 4.79 Å². The zero-order chi connectivity index (χ0) is 15.9.